The highest BCUT2D eigenvalue weighted by molar-refractivity contribution is 6.05. The maximum atomic E-state index is 12.7. The van der Waals surface area contributed by atoms with E-state index in [1.165, 1.54) is 0 Å². The van der Waals surface area contributed by atoms with Gasteiger partial charge < -0.3 is 16.0 Å². The SMILES string of the molecule is CC(C(=O)Nc1cccc(NC(=O)c2cccc(Nc3ncccn3)c2)c1)n1cccn1. The zero-order chi connectivity index (χ0) is 22.3. The van der Waals surface area contributed by atoms with Crippen molar-refractivity contribution in [1.82, 2.24) is 19.7 Å². The summed E-state index contributed by atoms with van der Waals surface area (Å²) >= 11 is 0. The highest BCUT2D eigenvalue weighted by Crippen LogP contribution is 2.19. The minimum atomic E-state index is -0.466. The van der Waals surface area contributed by atoms with Crippen LogP contribution in [0.5, 0.6) is 0 Å². The maximum Gasteiger partial charge on any atom is 0.255 e. The summed E-state index contributed by atoms with van der Waals surface area (Å²) in [6, 6.07) is 17.0. The Morgan fingerprint density at radius 3 is 2.31 bits per heavy atom. The van der Waals surface area contributed by atoms with Crippen LogP contribution in [-0.2, 0) is 4.79 Å². The molecule has 0 aliphatic heterocycles. The van der Waals surface area contributed by atoms with Crippen LogP contribution in [-0.4, -0.2) is 31.6 Å². The van der Waals surface area contributed by atoms with Crippen LogP contribution in [0.25, 0.3) is 0 Å². The summed E-state index contributed by atoms with van der Waals surface area (Å²) in [4.78, 5) is 33.5. The smallest absolute Gasteiger partial charge is 0.255 e. The average Bonchev–Trinajstić information content (AvgIpc) is 3.34. The van der Waals surface area contributed by atoms with Gasteiger partial charge in [-0.3, -0.25) is 14.3 Å². The van der Waals surface area contributed by atoms with E-state index in [9.17, 15) is 9.59 Å². The van der Waals surface area contributed by atoms with Crippen molar-refractivity contribution in [3.05, 3.63) is 91.0 Å². The Balaban J connectivity index is 1.41. The van der Waals surface area contributed by atoms with E-state index in [2.05, 4.69) is 31.0 Å². The summed E-state index contributed by atoms with van der Waals surface area (Å²) < 4.78 is 1.57. The van der Waals surface area contributed by atoms with Crippen LogP contribution in [0.3, 0.4) is 0 Å². The molecule has 9 nitrogen and oxygen atoms in total. The van der Waals surface area contributed by atoms with Crippen molar-refractivity contribution in [2.45, 2.75) is 13.0 Å². The number of benzene rings is 2. The summed E-state index contributed by atoms with van der Waals surface area (Å²) in [5, 5.41) is 12.8. The van der Waals surface area contributed by atoms with Crippen molar-refractivity contribution in [2.75, 3.05) is 16.0 Å². The lowest BCUT2D eigenvalue weighted by Crippen LogP contribution is -2.24. The van der Waals surface area contributed by atoms with Crippen molar-refractivity contribution in [2.24, 2.45) is 0 Å². The molecular formula is C23H21N7O2. The fraction of sp³-hybridized carbons (Fsp3) is 0.0870. The number of carbonyl (C=O) groups excluding carboxylic acids is 2. The van der Waals surface area contributed by atoms with Crippen LogP contribution in [0.15, 0.2) is 85.5 Å². The second-order valence-electron chi connectivity index (χ2n) is 6.96. The molecule has 0 spiro atoms. The number of rotatable bonds is 7. The van der Waals surface area contributed by atoms with Gasteiger partial charge in [0.05, 0.1) is 0 Å². The van der Waals surface area contributed by atoms with Crippen LogP contribution in [0, 0.1) is 0 Å². The predicted molar refractivity (Wildman–Crippen MR) is 122 cm³/mol. The first-order valence-corrected chi connectivity index (χ1v) is 9.94. The molecule has 0 radical (unpaired) electrons. The molecule has 1 unspecified atom stereocenters. The molecule has 0 saturated heterocycles. The van der Waals surface area contributed by atoms with Crippen molar-refractivity contribution >= 4 is 34.8 Å². The molecule has 3 N–H and O–H groups in total. The van der Waals surface area contributed by atoms with Crippen molar-refractivity contribution in [3.63, 3.8) is 0 Å². The van der Waals surface area contributed by atoms with Crippen LogP contribution in [0.2, 0.25) is 0 Å². The van der Waals surface area contributed by atoms with Gasteiger partial charge in [-0.1, -0.05) is 12.1 Å². The van der Waals surface area contributed by atoms with Gasteiger partial charge in [0, 0.05) is 47.4 Å². The van der Waals surface area contributed by atoms with Crippen LogP contribution >= 0.6 is 0 Å². The summed E-state index contributed by atoms with van der Waals surface area (Å²) in [7, 11) is 0. The van der Waals surface area contributed by atoms with E-state index in [-0.39, 0.29) is 11.8 Å². The fourth-order valence-corrected chi connectivity index (χ4v) is 2.99. The number of anilines is 4. The van der Waals surface area contributed by atoms with Crippen LogP contribution in [0.1, 0.15) is 23.3 Å². The molecule has 0 aliphatic rings. The molecular weight excluding hydrogens is 406 g/mol. The largest absolute Gasteiger partial charge is 0.324 e. The zero-order valence-corrected chi connectivity index (χ0v) is 17.3. The lowest BCUT2D eigenvalue weighted by Gasteiger charge is -2.14. The van der Waals surface area contributed by atoms with E-state index in [1.807, 2.05) is 6.07 Å². The first-order chi connectivity index (χ1) is 15.6. The predicted octanol–water partition coefficient (Wildman–Crippen LogP) is 3.87. The molecule has 4 rings (SSSR count). The molecule has 0 bridgehead atoms. The molecule has 2 amide bonds. The van der Waals surface area contributed by atoms with Crippen LogP contribution < -0.4 is 16.0 Å². The van der Waals surface area contributed by atoms with Crippen molar-refractivity contribution in [3.8, 4) is 0 Å². The monoisotopic (exact) mass is 427 g/mol. The minimum absolute atomic E-state index is 0.209. The number of hydrogen-bond acceptors (Lipinski definition) is 6. The molecule has 0 saturated carbocycles. The fourth-order valence-electron chi connectivity index (χ4n) is 2.99. The lowest BCUT2D eigenvalue weighted by molar-refractivity contribution is -0.119. The van der Waals surface area contributed by atoms with Gasteiger partial charge in [-0.25, -0.2) is 9.97 Å². The van der Waals surface area contributed by atoms with Gasteiger partial charge in [0.25, 0.3) is 5.91 Å². The minimum Gasteiger partial charge on any atom is -0.324 e. The molecule has 0 aliphatic carbocycles. The summed E-state index contributed by atoms with van der Waals surface area (Å²) in [5.41, 5.74) is 2.29. The molecule has 32 heavy (non-hydrogen) atoms. The number of hydrogen-bond donors (Lipinski definition) is 3. The normalized spacial score (nSPS) is 11.4. The van der Waals surface area contributed by atoms with Gasteiger partial charge in [-0.05, 0) is 55.5 Å². The maximum absolute atomic E-state index is 12.7. The third kappa shape index (κ3) is 5.14. The van der Waals surface area contributed by atoms with E-state index >= 15 is 0 Å². The number of nitrogens with one attached hydrogen (secondary N) is 3. The molecule has 2 aromatic carbocycles. The van der Waals surface area contributed by atoms with E-state index < -0.39 is 6.04 Å². The van der Waals surface area contributed by atoms with Gasteiger partial charge in [-0.15, -0.1) is 0 Å². The Bertz CT molecular complexity index is 1210. The Labute approximate surface area is 184 Å². The third-order valence-electron chi connectivity index (χ3n) is 4.64. The average molecular weight is 427 g/mol. The molecule has 9 heteroatoms. The quantitative estimate of drug-likeness (QED) is 0.413. The highest BCUT2D eigenvalue weighted by Gasteiger charge is 2.15. The van der Waals surface area contributed by atoms with Gasteiger partial charge >= 0.3 is 0 Å². The summed E-state index contributed by atoms with van der Waals surface area (Å²) in [6.45, 7) is 1.76. The Morgan fingerprint density at radius 1 is 0.844 bits per heavy atom. The van der Waals surface area contributed by atoms with Gasteiger partial charge in [0.1, 0.15) is 6.04 Å². The lowest BCUT2D eigenvalue weighted by atomic mass is 10.1. The number of carbonyl (C=O) groups is 2. The topological polar surface area (TPSA) is 114 Å². The molecule has 1 atom stereocenters. The van der Waals surface area contributed by atoms with E-state index in [0.29, 0.717) is 28.6 Å². The van der Waals surface area contributed by atoms with E-state index in [1.54, 1.807) is 91.0 Å². The first-order valence-electron chi connectivity index (χ1n) is 9.94. The second-order valence-corrected chi connectivity index (χ2v) is 6.96. The number of amides is 2. The molecule has 2 heterocycles. The van der Waals surface area contributed by atoms with Crippen molar-refractivity contribution < 1.29 is 9.59 Å². The summed E-state index contributed by atoms with van der Waals surface area (Å²) in [6.07, 6.45) is 6.62. The van der Waals surface area contributed by atoms with Gasteiger partial charge in [-0.2, -0.15) is 5.10 Å². The second kappa shape index (κ2) is 9.52. The van der Waals surface area contributed by atoms with Crippen LogP contribution in [0.4, 0.5) is 23.0 Å². The van der Waals surface area contributed by atoms with E-state index in [4.69, 9.17) is 0 Å². The first kappa shape index (κ1) is 20.7. The molecule has 4 aromatic rings. The van der Waals surface area contributed by atoms with Crippen molar-refractivity contribution in [1.29, 1.82) is 0 Å². The van der Waals surface area contributed by atoms with Gasteiger partial charge in [0.2, 0.25) is 11.9 Å². The number of aromatic nitrogens is 4. The Morgan fingerprint density at radius 2 is 1.56 bits per heavy atom. The van der Waals surface area contributed by atoms with E-state index in [0.717, 1.165) is 0 Å². The Hall–Kier alpha value is -4.53. The zero-order valence-electron chi connectivity index (χ0n) is 17.3. The molecule has 0 fully saturated rings. The van der Waals surface area contributed by atoms with Gasteiger partial charge in [0.15, 0.2) is 0 Å². The summed E-state index contributed by atoms with van der Waals surface area (Å²) in [5.74, 6) is -0.0482. The highest BCUT2D eigenvalue weighted by atomic mass is 16.2. The Kier molecular flexibility index (Phi) is 6.17. The third-order valence-corrected chi connectivity index (χ3v) is 4.64. The standard InChI is InChI=1S/C23H21N7O2/c1-16(30-13-5-12-26-30)21(31)27-19-8-3-9-20(15-19)28-22(32)17-6-2-7-18(14-17)29-23-24-10-4-11-25-23/h2-16H,1H3,(H,27,31)(H,28,32)(H,24,25,29). The molecule has 160 valence electrons. The molecule has 2 aromatic heterocycles. The number of nitrogens with zero attached hydrogens (tertiary/aromatic N) is 4.